The molecule has 0 aromatic carbocycles. The van der Waals surface area contributed by atoms with Gasteiger partial charge in [0.1, 0.15) is 0 Å². The van der Waals surface area contributed by atoms with Gasteiger partial charge in [-0.05, 0) is 17.2 Å². The Morgan fingerprint density at radius 1 is 1.24 bits per heavy atom. The van der Waals surface area contributed by atoms with Gasteiger partial charge in [0.25, 0.3) is 0 Å². The van der Waals surface area contributed by atoms with Gasteiger partial charge in [0, 0.05) is 16.5 Å². The Balaban J connectivity index is 2.54. The van der Waals surface area contributed by atoms with E-state index in [1.807, 2.05) is 0 Å². The van der Waals surface area contributed by atoms with Crippen LogP contribution in [-0.2, 0) is 9.53 Å². The molecule has 0 aliphatic heterocycles. The Labute approximate surface area is 128 Å². The van der Waals surface area contributed by atoms with Crippen molar-refractivity contribution < 1.29 is 22.7 Å². The summed E-state index contributed by atoms with van der Waals surface area (Å²) in [6.45, 7) is 1.45. The van der Waals surface area contributed by atoms with Gasteiger partial charge in [-0.15, -0.1) is 0 Å². The van der Waals surface area contributed by atoms with E-state index in [1.54, 1.807) is 30.3 Å². The second kappa shape index (κ2) is 6.05. The van der Waals surface area contributed by atoms with Crippen molar-refractivity contribution in [2.24, 2.45) is 0 Å². The first kappa shape index (κ1) is 15.8. The normalized spacial score (nSPS) is 13.2. The molecule has 21 heavy (non-hydrogen) atoms. The molecule has 2 rings (SSSR count). The fraction of sp³-hybridized carbons (Fsp3) is 0.267. The second-order valence-corrected chi connectivity index (χ2v) is 5.31. The molecule has 0 aromatic heterocycles. The van der Waals surface area contributed by atoms with E-state index in [2.05, 4.69) is 20.7 Å². The highest BCUT2D eigenvalue weighted by atomic mass is 79.9. The number of alkyl halides is 3. The first-order valence-electron chi connectivity index (χ1n) is 6.28. The predicted molar refractivity (Wildman–Crippen MR) is 75.9 cm³/mol. The fourth-order valence-electron chi connectivity index (χ4n) is 2.04. The number of carbonyl (C=O) groups is 1. The average molecular weight is 361 g/mol. The topological polar surface area (TPSA) is 26.3 Å². The van der Waals surface area contributed by atoms with E-state index in [0.29, 0.717) is 15.6 Å². The number of esters is 1. The summed E-state index contributed by atoms with van der Waals surface area (Å²) in [7, 11) is 0. The van der Waals surface area contributed by atoms with Crippen molar-refractivity contribution in [1.82, 2.24) is 0 Å². The van der Waals surface area contributed by atoms with Crippen LogP contribution in [0.15, 0.2) is 40.9 Å². The van der Waals surface area contributed by atoms with Crippen molar-refractivity contribution in [3.05, 3.63) is 46.4 Å². The van der Waals surface area contributed by atoms with Crippen LogP contribution >= 0.6 is 15.9 Å². The summed E-state index contributed by atoms with van der Waals surface area (Å²) in [6.07, 6.45) is -7.04. The number of fused-ring (bicyclic) bond motifs is 1. The molecule has 6 heteroatoms. The van der Waals surface area contributed by atoms with Gasteiger partial charge in [0.15, 0.2) is 0 Å². The third-order valence-corrected chi connectivity index (χ3v) is 3.66. The van der Waals surface area contributed by atoms with Crippen molar-refractivity contribution in [2.45, 2.75) is 25.6 Å². The third-order valence-electron chi connectivity index (χ3n) is 3.01. The maximum atomic E-state index is 13.2. The molecular formula is C15H12BrF3O2. The van der Waals surface area contributed by atoms with Crippen LogP contribution in [0.4, 0.5) is 13.2 Å². The quantitative estimate of drug-likeness (QED) is 0.710. The van der Waals surface area contributed by atoms with E-state index >= 15 is 0 Å². The maximum Gasteiger partial charge on any atom is 0.429 e. The van der Waals surface area contributed by atoms with Crippen LogP contribution in [0.2, 0.25) is 0 Å². The van der Waals surface area contributed by atoms with Crippen molar-refractivity contribution in [2.75, 3.05) is 0 Å². The molecule has 2 nitrogen and oxygen atoms in total. The summed E-state index contributed by atoms with van der Waals surface area (Å²) in [4.78, 5) is 11.3. The number of hydrogen-bond acceptors (Lipinski definition) is 2. The van der Waals surface area contributed by atoms with Crippen LogP contribution in [0.1, 0.15) is 25.0 Å². The van der Waals surface area contributed by atoms with Crippen LogP contribution in [0.3, 0.4) is 0 Å². The average Bonchev–Trinajstić information content (AvgIpc) is 2.61. The lowest BCUT2D eigenvalue weighted by Crippen LogP contribution is -2.26. The van der Waals surface area contributed by atoms with E-state index in [-0.39, 0.29) is 12.0 Å². The number of ether oxygens (including phenoxy) is 1. The van der Waals surface area contributed by atoms with Crippen molar-refractivity contribution >= 4 is 21.9 Å². The summed E-state index contributed by atoms with van der Waals surface area (Å²) in [6, 6.07) is 9.74. The Bertz CT molecular complexity index is 625. The molecule has 112 valence electrons. The number of carbonyl (C=O) groups excluding carboxylic acids is 1. The highest BCUT2D eigenvalue weighted by Crippen LogP contribution is 2.45. The number of halogens is 4. The Morgan fingerprint density at radius 3 is 2.43 bits per heavy atom. The van der Waals surface area contributed by atoms with Gasteiger partial charge in [0.2, 0.25) is 6.10 Å². The second-order valence-electron chi connectivity index (χ2n) is 4.45. The van der Waals surface area contributed by atoms with E-state index < -0.39 is 18.2 Å². The SMILES string of the molecule is CCC(=O)O[C@@H](c1cc(Br)c2cccccc1-2)C(F)(F)F. The standard InChI is InChI=1S/C15H12BrF3O2/c1-2-13(20)21-14(15(17,18)19)11-8-12(16)10-7-5-3-4-6-9(10)11/h3-8,14H,2H2,1H3/t14-/m0/s1. The Hall–Kier alpha value is -1.56. The molecule has 0 radical (unpaired) electrons. The van der Waals surface area contributed by atoms with Crippen molar-refractivity contribution in [1.29, 1.82) is 0 Å². The summed E-state index contributed by atoms with van der Waals surface area (Å²) >= 11 is 3.25. The zero-order valence-corrected chi connectivity index (χ0v) is 12.7. The van der Waals surface area contributed by atoms with Gasteiger partial charge in [-0.2, -0.15) is 13.2 Å². The smallest absolute Gasteiger partial charge is 0.429 e. The fourth-order valence-corrected chi connectivity index (χ4v) is 2.63. The van der Waals surface area contributed by atoms with Gasteiger partial charge >= 0.3 is 12.1 Å². The zero-order chi connectivity index (χ0) is 15.6. The number of hydrogen-bond donors (Lipinski definition) is 0. The Morgan fingerprint density at radius 2 is 1.86 bits per heavy atom. The predicted octanol–water partition coefficient (Wildman–Crippen LogP) is 5.11. The van der Waals surface area contributed by atoms with Crippen LogP contribution < -0.4 is 0 Å². The molecule has 2 aliphatic rings. The molecule has 2 aliphatic carbocycles. The molecule has 0 unspecified atom stereocenters. The molecule has 0 amide bonds. The molecule has 0 bridgehead atoms. The minimum atomic E-state index is -4.67. The summed E-state index contributed by atoms with van der Waals surface area (Å²) in [5.74, 6) is -0.886. The third kappa shape index (κ3) is 3.37. The van der Waals surface area contributed by atoms with Gasteiger partial charge in [-0.3, -0.25) is 4.79 Å². The van der Waals surface area contributed by atoms with E-state index in [1.165, 1.54) is 13.0 Å². The van der Waals surface area contributed by atoms with Crippen LogP contribution in [0, 0.1) is 0 Å². The largest absolute Gasteiger partial charge is 0.448 e. The monoisotopic (exact) mass is 360 g/mol. The zero-order valence-electron chi connectivity index (χ0n) is 11.1. The summed E-state index contributed by atoms with van der Waals surface area (Å²) in [5.41, 5.74) is 0.970. The van der Waals surface area contributed by atoms with E-state index in [0.717, 1.165) is 0 Å². The lowest BCUT2D eigenvalue weighted by Gasteiger charge is -2.21. The lowest BCUT2D eigenvalue weighted by molar-refractivity contribution is -0.223. The van der Waals surface area contributed by atoms with Gasteiger partial charge in [-0.1, -0.05) is 53.2 Å². The Kier molecular flexibility index (Phi) is 4.56. The maximum absolute atomic E-state index is 13.2. The van der Waals surface area contributed by atoms with Gasteiger partial charge in [-0.25, -0.2) is 0 Å². The van der Waals surface area contributed by atoms with E-state index in [4.69, 9.17) is 0 Å². The molecule has 0 saturated carbocycles. The molecule has 0 fully saturated rings. The first-order valence-corrected chi connectivity index (χ1v) is 7.07. The van der Waals surface area contributed by atoms with Crippen LogP contribution in [0.25, 0.3) is 11.1 Å². The van der Waals surface area contributed by atoms with Gasteiger partial charge in [0.05, 0.1) is 0 Å². The molecule has 0 N–H and O–H groups in total. The van der Waals surface area contributed by atoms with Gasteiger partial charge < -0.3 is 4.74 Å². The molecule has 0 aromatic rings. The molecule has 0 spiro atoms. The minimum absolute atomic E-state index is 0.0672. The van der Waals surface area contributed by atoms with E-state index in [9.17, 15) is 18.0 Å². The highest BCUT2D eigenvalue weighted by molar-refractivity contribution is 9.10. The van der Waals surface area contributed by atoms with Crippen LogP contribution in [0.5, 0.6) is 0 Å². The lowest BCUT2D eigenvalue weighted by atomic mass is 10.0. The van der Waals surface area contributed by atoms with Crippen molar-refractivity contribution in [3.63, 3.8) is 0 Å². The highest BCUT2D eigenvalue weighted by Gasteiger charge is 2.45. The molecule has 0 heterocycles. The number of rotatable bonds is 3. The van der Waals surface area contributed by atoms with Crippen molar-refractivity contribution in [3.8, 4) is 11.1 Å². The molecule has 0 saturated heterocycles. The first-order chi connectivity index (χ1) is 9.84. The molecule has 1 atom stereocenters. The summed E-state index contributed by atoms with van der Waals surface area (Å²) < 4.78 is 44.9. The van der Waals surface area contributed by atoms with Crippen LogP contribution in [-0.4, -0.2) is 12.1 Å². The summed E-state index contributed by atoms with van der Waals surface area (Å²) in [5, 5.41) is 0. The molecular weight excluding hydrogens is 349 g/mol. The minimum Gasteiger partial charge on any atom is -0.448 e.